The Morgan fingerprint density at radius 1 is 0.540 bits per heavy atom. The molecule has 8 rings (SSSR count). The number of nitrogens with zero attached hydrogens (tertiary/aromatic N) is 4. The second-order valence-corrected chi connectivity index (χ2v) is 16.0. The Morgan fingerprint density at radius 2 is 1.10 bits per heavy atom. The average Bonchev–Trinajstić information content (AvgIpc) is 3.52. The van der Waals surface area contributed by atoms with Gasteiger partial charge in [-0.05, 0) is 62.7 Å². The Balaban J connectivity index is 1.56. The largest absolute Gasteiger partial charge is 0.310 e. The van der Waals surface area contributed by atoms with Gasteiger partial charge in [0, 0.05) is 22.0 Å². The van der Waals surface area contributed by atoms with Crippen LogP contribution >= 0.6 is 0 Å². The van der Waals surface area contributed by atoms with Crippen LogP contribution in [0.1, 0.15) is 11.1 Å². The van der Waals surface area contributed by atoms with Crippen molar-refractivity contribution >= 4 is 56.3 Å². The number of aromatic nitrogens is 1. The molecule has 0 aliphatic rings. The van der Waals surface area contributed by atoms with E-state index in [1.807, 2.05) is 42.5 Å². The first kappa shape index (κ1) is 30.4. The summed E-state index contributed by atoms with van der Waals surface area (Å²) in [5.74, 6) is 0. The van der Waals surface area contributed by atoms with Gasteiger partial charge in [0.15, 0.2) is 13.8 Å². The lowest BCUT2D eigenvalue weighted by Gasteiger charge is -2.36. The third kappa shape index (κ3) is 4.72. The molecule has 0 atom stereocenters. The van der Waals surface area contributed by atoms with Crippen molar-refractivity contribution in [1.29, 1.82) is 10.5 Å². The molecule has 1 heterocycles. The summed E-state index contributed by atoms with van der Waals surface area (Å²) in [4.78, 5) is 3.84. The van der Waals surface area contributed by atoms with Crippen molar-refractivity contribution in [3.63, 3.8) is 0 Å². The Labute approximate surface area is 291 Å². The molecule has 0 N–H and O–H groups in total. The first-order valence-corrected chi connectivity index (χ1v) is 18.3. The molecule has 0 unspecified atom stereocenters. The summed E-state index contributed by atoms with van der Waals surface area (Å²) in [5, 5.41) is 27.4. The van der Waals surface area contributed by atoms with E-state index in [9.17, 15) is 10.5 Å². The van der Waals surface area contributed by atoms with Crippen LogP contribution < -0.4 is 20.7 Å². The highest BCUT2D eigenvalue weighted by molar-refractivity contribution is 7.20. The van der Waals surface area contributed by atoms with Crippen LogP contribution in [0.2, 0.25) is 0 Å². The van der Waals surface area contributed by atoms with Crippen molar-refractivity contribution in [3.05, 3.63) is 192 Å². The molecule has 4 nitrogen and oxygen atoms in total. The molecular weight excluding hydrogens is 625 g/mol. The number of hydrogen-bond acceptors (Lipinski definition) is 2. The average molecular weight is 653 g/mol. The van der Waals surface area contributed by atoms with Crippen LogP contribution in [0.4, 0.5) is 5.69 Å². The SMILES string of the molecule is [C-]#[N+]c1cc(C#N)c(-c2ccccc2[Si](c2ccccc2)(c2ccccc2)c2ccccc2)c(-n2c3ccccc3c3cc(C#N)ccc32)c1. The van der Waals surface area contributed by atoms with E-state index in [0.717, 1.165) is 43.8 Å². The fraction of sp³-hybridized carbons (Fsp3) is 0. The van der Waals surface area contributed by atoms with E-state index in [4.69, 9.17) is 6.57 Å². The van der Waals surface area contributed by atoms with Crippen molar-refractivity contribution in [3.8, 4) is 29.0 Å². The summed E-state index contributed by atoms with van der Waals surface area (Å²) < 4.78 is 2.16. The molecule has 0 saturated heterocycles. The third-order valence-electron chi connectivity index (χ3n) is 9.62. The normalized spacial score (nSPS) is 11.1. The fourth-order valence-electron chi connectivity index (χ4n) is 7.59. The second-order valence-electron chi connectivity index (χ2n) is 12.2. The smallest absolute Gasteiger partial charge is 0.190 e. The van der Waals surface area contributed by atoms with Gasteiger partial charge in [-0.1, -0.05) is 133 Å². The minimum absolute atomic E-state index is 0.384. The predicted molar refractivity (Wildman–Crippen MR) is 206 cm³/mol. The molecule has 0 aliphatic heterocycles. The summed E-state index contributed by atoms with van der Waals surface area (Å²) in [5.41, 5.74) is 5.67. The molecule has 0 saturated carbocycles. The van der Waals surface area contributed by atoms with Gasteiger partial charge in [-0.15, -0.1) is 0 Å². The van der Waals surface area contributed by atoms with E-state index in [2.05, 4.69) is 143 Å². The van der Waals surface area contributed by atoms with Crippen LogP contribution in [0.3, 0.4) is 0 Å². The monoisotopic (exact) mass is 652 g/mol. The van der Waals surface area contributed by atoms with Crippen LogP contribution in [-0.2, 0) is 0 Å². The van der Waals surface area contributed by atoms with Gasteiger partial charge in [0.1, 0.15) is 0 Å². The van der Waals surface area contributed by atoms with E-state index in [1.54, 1.807) is 6.07 Å². The van der Waals surface area contributed by atoms with Crippen molar-refractivity contribution in [2.45, 2.75) is 0 Å². The van der Waals surface area contributed by atoms with E-state index >= 15 is 0 Å². The summed E-state index contributed by atoms with van der Waals surface area (Å²) in [6.07, 6.45) is 0. The van der Waals surface area contributed by atoms with Crippen LogP contribution in [-0.4, -0.2) is 12.6 Å². The summed E-state index contributed by atoms with van der Waals surface area (Å²) in [6, 6.07) is 62.9. The molecule has 0 fully saturated rings. The zero-order valence-electron chi connectivity index (χ0n) is 27.0. The Morgan fingerprint density at radius 3 is 1.70 bits per heavy atom. The molecule has 0 aliphatic carbocycles. The first-order valence-electron chi connectivity index (χ1n) is 16.3. The second kappa shape index (κ2) is 12.6. The zero-order valence-corrected chi connectivity index (χ0v) is 28.0. The lowest BCUT2D eigenvalue weighted by Crippen LogP contribution is -2.75. The number of nitriles is 2. The van der Waals surface area contributed by atoms with Gasteiger partial charge in [0.25, 0.3) is 0 Å². The highest BCUT2D eigenvalue weighted by Gasteiger charge is 2.43. The molecule has 0 bridgehead atoms. The minimum Gasteiger partial charge on any atom is -0.310 e. The number of para-hydroxylation sites is 1. The molecule has 8 aromatic rings. The molecule has 0 spiro atoms. The Bertz CT molecular complexity index is 2580. The van der Waals surface area contributed by atoms with Crippen LogP contribution in [0.25, 0.3) is 43.5 Å². The van der Waals surface area contributed by atoms with Gasteiger partial charge < -0.3 is 4.57 Å². The van der Waals surface area contributed by atoms with E-state index in [0.29, 0.717) is 16.8 Å². The number of fused-ring (bicyclic) bond motifs is 3. The van der Waals surface area contributed by atoms with Crippen molar-refractivity contribution in [1.82, 2.24) is 4.57 Å². The molecule has 50 heavy (non-hydrogen) atoms. The number of hydrogen-bond donors (Lipinski definition) is 0. The quantitative estimate of drug-likeness (QED) is 0.104. The molecule has 0 radical (unpaired) electrons. The lowest BCUT2D eigenvalue weighted by molar-refractivity contribution is 1.18. The van der Waals surface area contributed by atoms with Gasteiger partial charge in [-0.25, -0.2) is 4.85 Å². The highest BCUT2D eigenvalue weighted by atomic mass is 28.3. The van der Waals surface area contributed by atoms with Gasteiger partial charge in [-0.2, -0.15) is 10.5 Å². The maximum absolute atomic E-state index is 10.9. The summed E-state index contributed by atoms with van der Waals surface area (Å²) >= 11 is 0. The van der Waals surface area contributed by atoms with E-state index in [1.165, 1.54) is 15.6 Å². The van der Waals surface area contributed by atoms with Crippen molar-refractivity contribution in [2.75, 3.05) is 0 Å². The third-order valence-corrected chi connectivity index (χ3v) is 14.5. The zero-order chi connectivity index (χ0) is 34.1. The van der Waals surface area contributed by atoms with Gasteiger partial charge >= 0.3 is 0 Å². The van der Waals surface area contributed by atoms with Gasteiger partial charge in [0.2, 0.25) is 0 Å². The maximum atomic E-state index is 10.9. The molecule has 0 amide bonds. The minimum atomic E-state index is -3.03. The molecule has 1 aromatic heterocycles. The van der Waals surface area contributed by atoms with E-state index < -0.39 is 8.07 Å². The van der Waals surface area contributed by atoms with Crippen LogP contribution in [0, 0.1) is 29.2 Å². The molecular formula is C45H28N4Si. The Hall–Kier alpha value is -6.97. The van der Waals surface area contributed by atoms with Crippen molar-refractivity contribution in [2.24, 2.45) is 0 Å². The standard InChI is InChI=1S/C45H28N4Si/c1-48-34-28-33(31-47)45(43(29-34)49-41-23-13-11-21-38(41)40-27-32(30-46)25-26-42(40)49)39-22-12-14-24-44(39)50(35-15-5-2-6-16-35,36-17-7-3-8-18-36)37-19-9-4-10-20-37/h2-29H. The number of benzene rings is 7. The Kier molecular flexibility index (Phi) is 7.63. The predicted octanol–water partition coefficient (Wildman–Crippen LogP) is 8.12. The van der Waals surface area contributed by atoms with Crippen LogP contribution in [0.5, 0.6) is 0 Å². The van der Waals surface area contributed by atoms with Gasteiger partial charge in [0.05, 0.1) is 40.9 Å². The maximum Gasteiger partial charge on any atom is 0.190 e. The molecule has 7 aromatic carbocycles. The molecule has 5 heteroatoms. The number of rotatable bonds is 6. The topological polar surface area (TPSA) is 56.9 Å². The lowest BCUT2D eigenvalue weighted by atomic mass is 9.96. The highest BCUT2D eigenvalue weighted by Crippen LogP contribution is 2.40. The molecule has 232 valence electrons. The van der Waals surface area contributed by atoms with Crippen LogP contribution in [0.15, 0.2) is 170 Å². The van der Waals surface area contributed by atoms with E-state index in [-0.39, 0.29) is 0 Å². The van der Waals surface area contributed by atoms with Gasteiger partial charge in [-0.3, -0.25) is 0 Å². The summed E-state index contributed by atoms with van der Waals surface area (Å²) in [6.45, 7) is 8.05. The summed E-state index contributed by atoms with van der Waals surface area (Å²) in [7, 11) is -3.03. The fourth-order valence-corrected chi connectivity index (χ4v) is 12.6. The van der Waals surface area contributed by atoms with Crippen molar-refractivity contribution < 1.29 is 0 Å². The first-order chi connectivity index (χ1) is 24.7.